The van der Waals surface area contributed by atoms with E-state index in [2.05, 4.69) is 135 Å². The van der Waals surface area contributed by atoms with Crippen LogP contribution in [0.25, 0.3) is 66.1 Å². The molecule has 0 unspecified atom stereocenters. The minimum Gasteiger partial charge on any atom is -0.455 e. The topological polar surface area (TPSA) is 13.1 Å². The van der Waals surface area contributed by atoms with Crippen LogP contribution >= 0.6 is 0 Å². The molecule has 0 N–H and O–H groups in total. The third-order valence-electron chi connectivity index (χ3n) is 7.86. The van der Waals surface area contributed by atoms with Gasteiger partial charge in [0.2, 0.25) is 0 Å². The summed E-state index contributed by atoms with van der Waals surface area (Å²) in [6, 6.07) is 46.2. The van der Waals surface area contributed by atoms with Gasteiger partial charge in [0, 0.05) is 16.3 Å². The van der Waals surface area contributed by atoms with Crippen LogP contribution in [0.4, 0.5) is 0 Å². The van der Waals surface area contributed by atoms with Gasteiger partial charge >= 0.3 is 0 Å². The van der Waals surface area contributed by atoms with Crippen molar-refractivity contribution in [3.05, 3.63) is 127 Å². The maximum Gasteiger partial charge on any atom is 0.143 e. The van der Waals surface area contributed by atoms with Gasteiger partial charge in [-0.2, -0.15) is 0 Å². The van der Waals surface area contributed by atoms with E-state index in [-0.39, 0.29) is 0 Å². The second kappa shape index (κ2) is 9.11. The van der Waals surface area contributed by atoms with Crippen molar-refractivity contribution in [3.63, 3.8) is 0 Å². The molecule has 1 aromatic heterocycles. The van der Waals surface area contributed by atoms with Gasteiger partial charge in [0.15, 0.2) is 0 Å². The van der Waals surface area contributed by atoms with Gasteiger partial charge in [-0.05, 0) is 56.8 Å². The van der Waals surface area contributed by atoms with Gasteiger partial charge in [-0.3, -0.25) is 0 Å². The molecular formula is C37H30OSi. The van der Waals surface area contributed by atoms with E-state index in [4.69, 9.17) is 4.42 Å². The van der Waals surface area contributed by atoms with Crippen LogP contribution in [0, 0.1) is 0 Å². The summed E-state index contributed by atoms with van der Waals surface area (Å²) in [4.78, 5) is 0. The lowest BCUT2D eigenvalue weighted by Gasteiger charge is -2.17. The van der Waals surface area contributed by atoms with E-state index < -0.39 is 8.07 Å². The van der Waals surface area contributed by atoms with Gasteiger partial charge in [0.05, 0.1) is 8.07 Å². The Balaban J connectivity index is 1.23. The van der Waals surface area contributed by atoms with Crippen molar-refractivity contribution in [1.82, 2.24) is 0 Å². The number of furan rings is 1. The number of hydrogen-bond donors (Lipinski definition) is 0. The zero-order valence-electron chi connectivity index (χ0n) is 22.5. The molecule has 0 amide bonds. The van der Waals surface area contributed by atoms with Crippen LogP contribution in [0.2, 0.25) is 19.6 Å². The largest absolute Gasteiger partial charge is 0.455 e. The first kappa shape index (κ1) is 23.7. The molecule has 7 rings (SSSR count). The number of rotatable bonds is 4. The molecule has 2 heteroatoms. The Bertz CT molecular complexity index is 1970. The average Bonchev–Trinajstić information content (AvgIpc) is 3.35. The number of hydrogen-bond acceptors (Lipinski definition) is 1. The maximum absolute atomic E-state index is 6.27. The lowest BCUT2D eigenvalue weighted by Crippen LogP contribution is -2.37. The number of para-hydroxylation sites is 2. The van der Waals surface area contributed by atoms with Crippen molar-refractivity contribution in [2.24, 2.45) is 0 Å². The lowest BCUT2D eigenvalue weighted by atomic mass is 9.96. The molecule has 39 heavy (non-hydrogen) atoms. The van der Waals surface area contributed by atoms with E-state index >= 15 is 0 Å². The third-order valence-corrected chi connectivity index (χ3v) is 9.92. The molecule has 0 aliphatic rings. The summed E-state index contributed by atoms with van der Waals surface area (Å²) in [6.45, 7) is 7.18. The molecule has 0 saturated heterocycles. The second-order valence-corrected chi connectivity index (χ2v) is 16.5. The molecule has 0 fully saturated rings. The Morgan fingerprint density at radius 2 is 1.03 bits per heavy atom. The molecule has 0 aliphatic carbocycles. The van der Waals surface area contributed by atoms with Crippen molar-refractivity contribution < 1.29 is 4.42 Å². The average molecular weight is 519 g/mol. The normalized spacial score (nSPS) is 12.0. The summed E-state index contributed by atoms with van der Waals surface area (Å²) >= 11 is 0. The van der Waals surface area contributed by atoms with E-state index in [1.165, 1.54) is 38.2 Å². The van der Waals surface area contributed by atoms with Gasteiger partial charge < -0.3 is 4.42 Å². The predicted octanol–water partition coefficient (Wildman–Crippen LogP) is 10.3. The first-order valence-corrected chi connectivity index (χ1v) is 17.1. The minimum atomic E-state index is -1.30. The van der Waals surface area contributed by atoms with E-state index in [1.807, 2.05) is 12.1 Å². The number of benzene rings is 6. The minimum absolute atomic E-state index is 0.930. The SMILES string of the molecule is C[Si](C)(C)c1ccc(-c2ccc3ccc(-c4ccc(-c5cccc6c5oc5ccccc56)cc4)cc3c2)cc1. The van der Waals surface area contributed by atoms with E-state index in [0.717, 1.165) is 33.1 Å². The second-order valence-electron chi connectivity index (χ2n) is 11.5. The highest BCUT2D eigenvalue weighted by Crippen LogP contribution is 2.36. The van der Waals surface area contributed by atoms with Crippen molar-refractivity contribution in [1.29, 1.82) is 0 Å². The fourth-order valence-corrected chi connectivity index (χ4v) is 6.75. The molecular weight excluding hydrogens is 488 g/mol. The molecule has 0 radical (unpaired) electrons. The summed E-state index contributed by atoms with van der Waals surface area (Å²) < 4.78 is 6.27. The van der Waals surface area contributed by atoms with E-state index in [1.54, 1.807) is 0 Å². The van der Waals surface area contributed by atoms with Crippen LogP contribution in [-0.4, -0.2) is 8.07 Å². The zero-order chi connectivity index (χ0) is 26.6. The molecule has 7 aromatic rings. The Hall–Kier alpha value is -4.40. The van der Waals surface area contributed by atoms with Crippen LogP contribution < -0.4 is 5.19 Å². The van der Waals surface area contributed by atoms with Gasteiger partial charge in [-0.1, -0.05) is 134 Å². The molecule has 0 aliphatic heterocycles. The molecule has 0 spiro atoms. The number of fused-ring (bicyclic) bond motifs is 4. The summed E-state index contributed by atoms with van der Waals surface area (Å²) in [6.07, 6.45) is 0. The van der Waals surface area contributed by atoms with Crippen LogP contribution in [-0.2, 0) is 0 Å². The van der Waals surface area contributed by atoms with Crippen LogP contribution in [0.15, 0.2) is 132 Å². The van der Waals surface area contributed by atoms with E-state index in [0.29, 0.717) is 0 Å². The quantitative estimate of drug-likeness (QED) is 0.211. The zero-order valence-corrected chi connectivity index (χ0v) is 23.5. The standard InChI is InChI=1S/C37H30OSi/c1-39(2,3)32-21-19-26(20-22-32)30-18-14-27-13-17-29(23-31(27)24-30)25-11-15-28(16-12-25)33-8-6-9-35-34-7-4-5-10-36(34)38-37(33)35/h4-24H,1-3H3. The third kappa shape index (κ3) is 4.27. The van der Waals surface area contributed by atoms with Crippen molar-refractivity contribution in [3.8, 4) is 33.4 Å². The van der Waals surface area contributed by atoms with Gasteiger partial charge in [0.25, 0.3) is 0 Å². The molecule has 1 nitrogen and oxygen atoms in total. The first-order chi connectivity index (χ1) is 18.9. The molecule has 0 saturated carbocycles. The predicted molar refractivity (Wildman–Crippen MR) is 171 cm³/mol. The fourth-order valence-electron chi connectivity index (χ4n) is 5.59. The van der Waals surface area contributed by atoms with Gasteiger partial charge in [0.1, 0.15) is 11.2 Å². The summed E-state index contributed by atoms with van der Waals surface area (Å²) in [5.41, 5.74) is 9.13. The monoisotopic (exact) mass is 518 g/mol. The highest BCUT2D eigenvalue weighted by molar-refractivity contribution is 6.88. The van der Waals surface area contributed by atoms with Crippen LogP contribution in [0.3, 0.4) is 0 Å². The summed E-state index contributed by atoms with van der Waals surface area (Å²) in [5, 5.41) is 6.33. The molecule has 0 atom stereocenters. The fraction of sp³-hybridized carbons (Fsp3) is 0.0811. The van der Waals surface area contributed by atoms with Crippen LogP contribution in [0.5, 0.6) is 0 Å². The Kier molecular flexibility index (Phi) is 5.54. The summed E-state index contributed by atoms with van der Waals surface area (Å²) in [7, 11) is -1.30. The Morgan fingerprint density at radius 1 is 0.462 bits per heavy atom. The highest BCUT2D eigenvalue weighted by atomic mass is 28.3. The molecule has 188 valence electrons. The van der Waals surface area contributed by atoms with Crippen molar-refractivity contribution >= 4 is 46.0 Å². The first-order valence-electron chi connectivity index (χ1n) is 13.6. The van der Waals surface area contributed by atoms with Crippen molar-refractivity contribution in [2.45, 2.75) is 19.6 Å². The smallest absolute Gasteiger partial charge is 0.143 e. The van der Waals surface area contributed by atoms with E-state index in [9.17, 15) is 0 Å². The molecule has 1 heterocycles. The van der Waals surface area contributed by atoms with Crippen LogP contribution in [0.1, 0.15) is 0 Å². The Labute approximate surface area is 230 Å². The van der Waals surface area contributed by atoms with Gasteiger partial charge in [-0.15, -0.1) is 0 Å². The molecule has 0 bridgehead atoms. The molecule has 6 aromatic carbocycles. The van der Waals surface area contributed by atoms with Crippen molar-refractivity contribution in [2.75, 3.05) is 0 Å². The van der Waals surface area contributed by atoms with Gasteiger partial charge in [-0.25, -0.2) is 0 Å². The summed E-state index contributed by atoms with van der Waals surface area (Å²) in [5.74, 6) is 0. The Morgan fingerprint density at radius 3 is 1.69 bits per heavy atom. The highest BCUT2D eigenvalue weighted by Gasteiger charge is 2.16. The maximum atomic E-state index is 6.27. The lowest BCUT2D eigenvalue weighted by molar-refractivity contribution is 0.670.